The standard InChI is InChI=1S/C20H21N3O6/c1-3-28-17-10-8-14(12-18(17)29-4-2)9-11-19(24)21-22-20(25)15-6-5-7-16(13-15)23(26)27/h5-13H,3-4H2,1-2H3,(H,21,24)(H,22,25)/b11-9+. The van der Waals surface area contributed by atoms with Gasteiger partial charge in [0.05, 0.1) is 18.1 Å². The molecule has 0 heterocycles. The molecule has 0 unspecified atom stereocenters. The smallest absolute Gasteiger partial charge is 0.270 e. The van der Waals surface area contributed by atoms with Gasteiger partial charge in [0, 0.05) is 23.8 Å². The van der Waals surface area contributed by atoms with Gasteiger partial charge in [0.2, 0.25) is 0 Å². The van der Waals surface area contributed by atoms with E-state index in [4.69, 9.17) is 9.47 Å². The third-order valence-corrected chi connectivity index (χ3v) is 3.61. The van der Waals surface area contributed by atoms with Crippen molar-refractivity contribution in [3.05, 3.63) is 69.8 Å². The number of hydrogen-bond donors (Lipinski definition) is 2. The molecule has 2 rings (SSSR count). The number of nitro groups is 1. The summed E-state index contributed by atoms with van der Waals surface area (Å²) >= 11 is 0. The van der Waals surface area contributed by atoms with Crippen LogP contribution in [-0.2, 0) is 4.79 Å². The molecule has 0 spiro atoms. The summed E-state index contributed by atoms with van der Waals surface area (Å²) < 4.78 is 11.0. The Morgan fingerprint density at radius 1 is 1.03 bits per heavy atom. The van der Waals surface area contributed by atoms with Crippen molar-refractivity contribution in [2.45, 2.75) is 13.8 Å². The highest BCUT2D eigenvalue weighted by molar-refractivity contribution is 5.98. The van der Waals surface area contributed by atoms with Crippen molar-refractivity contribution in [3.63, 3.8) is 0 Å². The van der Waals surface area contributed by atoms with Crippen LogP contribution in [0.25, 0.3) is 6.08 Å². The van der Waals surface area contributed by atoms with Crippen molar-refractivity contribution in [2.75, 3.05) is 13.2 Å². The molecule has 9 nitrogen and oxygen atoms in total. The van der Waals surface area contributed by atoms with Gasteiger partial charge in [-0.3, -0.25) is 30.6 Å². The summed E-state index contributed by atoms with van der Waals surface area (Å²) in [6.07, 6.45) is 2.78. The number of hydrogen-bond acceptors (Lipinski definition) is 6. The van der Waals surface area contributed by atoms with Gasteiger partial charge in [0.25, 0.3) is 17.5 Å². The van der Waals surface area contributed by atoms with Gasteiger partial charge in [-0.2, -0.15) is 0 Å². The second-order valence-corrected chi connectivity index (χ2v) is 5.66. The summed E-state index contributed by atoms with van der Waals surface area (Å²) in [7, 11) is 0. The predicted molar refractivity (Wildman–Crippen MR) is 107 cm³/mol. The first-order valence-corrected chi connectivity index (χ1v) is 8.87. The average Bonchev–Trinajstić information content (AvgIpc) is 2.72. The third-order valence-electron chi connectivity index (χ3n) is 3.61. The van der Waals surface area contributed by atoms with Crippen LogP contribution >= 0.6 is 0 Å². The highest BCUT2D eigenvalue weighted by Crippen LogP contribution is 2.28. The molecule has 0 fully saturated rings. The SMILES string of the molecule is CCOc1ccc(/C=C/C(=O)NNC(=O)c2cccc([N+](=O)[O-])c2)cc1OCC. The number of rotatable bonds is 8. The van der Waals surface area contributed by atoms with Crippen molar-refractivity contribution in [3.8, 4) is 11.5 Å². The second kappa shape index (κ2) is 10.5. The van der Waals surface area contributed by atoms with Crippen LogP contribution in [0.3, 0.4) is 0 Å². The number of hydrazine groups is 1. The van der Waals surface area contributed by atoms with E-state index in [0.717, 1.165) is 6.07 Å². The number of nitrogens with zero attached hydrogens (tertiary/aromatic N) is 1. The number of carbonyl (C=O) groups is 2. The van der Waals surface area contributed by atoms with Crippen LogP contribution in [0.4, 0.5) is 5.69 Å². The fourth-order valence-corrected chi connectivity index (χ4v) is 2.34. The Morgan fingerprint density at radius 2 is 1.76 bits per heavy atom. The average molecular weight is 399 g/mol. The summed E-state index contributed by atoms with van der Waals surface area (Å²) in [5, 5.41) is 10.8. The zero-order chi connectivity index (χ0) is 21.2. The Labute approximate surface area is 167 Å². The van der Waals surface area contributed by atoms with Gasteiger partial charge in [-0.1, -0.05) is 12.1 Å². The van der Waals surface area contributed by atoms with Crippen LogP contribution in [0, 0.1) is 10.1 Å². The Morgan fingerprint density at radius 3 is 2.45 bits per heavy atom. The quantitative estimate of drug-likeness (QED) is 0.400. The lowest BCUT2D eigenvalue weighted by atomic mass is 10.2. The molecular weight excluding hydrogens is 378 g/mol. The van der Waals surface area contributed by atoms with Crippen LogP contribution in [0.5, 0.6) is 11.5 Å². The van der Waals surface area contributed by atoms with Crippen LogP contribution in [0.2, 0.25) is 0 Å². The van der Waals surface area contributed by atoms with Crippen molar-refractivity contribution < 1.29 is 24.0 Å². The molecule has 0 saturated carbocycles. The van der Waals surface area contributed by atoms with Crippen molar-refractivity contribution >= 4 is 23.6 Å². The van der Waals surface area contributed by atoms with Gasteiger partial charge in [-0.25, -0.2) is 0 Å². The van der Waals surface area contributed by atoms with Crippen molar-refractivity contribution in [2.24, 2.45) is 0 Å². The monoisotopic (exact) mass is 399 g/mol. The van der Waals surface area contributed by atoms with Crippen LogP contribution in [0.1, 0.15) is 29.8 Å². The Bertz CT molecular complexity index is 926. The second-order valence-electron chi connectivity index (χ2n) is 5.66. The van der Waals surface area contributed by atoms with Crippen molar-refractivity contribution in [1.82, 2.24) is 10.9 Å². The molecule has 152 valence electrons. The minimum atomic E-state index is -0.671. The van der Waals surface area contributed by atoms with Crippen LogP contribution in [0.15, 0.2) is 48.5 Å². The van der Waals surface area contributed by atoms with Gasteiger partial charge in [-0.05, 0) is 43.7 Å². The maximum Gasteiger partial charge on any atom is 0.270 e. The van der Waals surface area contributed by atoms with Gasteiger partial charge < -0.3 is 9.47 Å². The normalized spacial score (nSPS) is 10.4. The fraction of sp³-hybridized carbons (Fsp3) is 0.200. The highest BCUT2D eigenvalue weighted by atomic mass is 16.6. The van der Waals surface area contributed by atoms with E-state index < -0.39 is 16.7 Å². The summed E-state index contributed by atoms with van der Waals surface area (Å²) in [5.74, 6) is -0.0678. The Kier molecular flexibility index (Phi) is 7.72. The third kappa shape index (κ3) is 6.35. The van der Waals surface area contributed by atoms with Gasteiger partial charge in [0.1, 0.15) is 0 Å². The number of amides is 2. The van der Waals surface area contributed by atoms with E-state index in [1.165, 1.54) is 24.3 Å². The zero-order valence-electron chi connectivity index (χ0n) is 16.0. The van der Waals surface area contributed by atoms with E-state index in [-0.39, 0.29) is 11.3 Å². The predicted octanol–water partition coefficient (Wildman–Crippen LogP) is 2.87. The molecule has 2 aromatic rings. The van der Waals surface area contributed by atoms with Gasteiger partial charge in [0.15, 0.2) is 11.5 Å². The summed E-state index contributed by atoms with van der Waals surface area (Å²) in [6, 6.07) is 10.4. The molecule has 0 bridgehead atoms. The van der Waals surface area contributed by atoms with E-state index >= 15 is 0 Å². The molecule has 0 atom stereocenters. The van der Waals surface area contributed by atoms with E-state index in [9.17, 15) is 19.7 Å². The first-order valence-electron chi connectivity index (χ1n) is 8.87. The van der Waals surface area contributed by atoms with Gasteiger partial charge in [-0.15, -0.1) is 0 Å². The molecule has 0 aliphatic heterocycles. The fourth-order valence-electron chi connectivity index (χ4n) is 2.34. The molecule has 0 radical (unpaired) electrons. The molecule has 0 aromatic heterocycles. The van der Waals surface area contributed by atoms with E-state index in [0.29, 0.717) is 30.3 Å². The molecule has 2 amide bonds. The number of nitrogens with one attached hydrogen (secondary N) is 2. The molecular formula is C20H21N3O6. The molecule has 0 saturated heterocycles. The summed E-state index contributed by atoms with van der Waals surface area (Å²) in [6.45, 7) is 4.70. The zero-order valence-corrected chi connectivity index (χ0v) is 16.0. The van der Waals surface area contributed by atoms with E-state index in [1.54, 1.807) is 24.3 Å². The molecule has 2 aromatic carbocycles. The maximum atomic E-state index is 12.0. The maximum absolute atomic E-state index is 12.0. The highest BCUT2D eigenvalue weighted by Gasteiger charge is 2.11. The Hall–Kier alpha value is -3.88. The topological polar surface area (TPSA) is 120 Å². The molecule has 9 heteroatoms. The number of benzene rings is 2. The molecule has 29 heavy (non-hydrogen) atoms. The first kappa shape index (κ1) is 21.4. The lowest BCUT2D eigenvalue weighted by Gasteiger charge is -2.11. The van der Waals surface area contributed by atoms with E-state index in [2.05, 4.69) is 10.9 Å². The minimum Gasteiger partial charge on any atom is -0.490 e. The molecule has 0 aliphatic carbocycles. The van der Waals surface area contributed by atoms with Gasteiger partial charge >= 0.3 is 0 Å². The summed E-state index contributed by atoms with van der Waals surface area (Å²) in [4.78, 5) is 34.1. The number of nitro benzene ring substituents is 1. The summed E-state index contributed by atoms with van der Waals surface area (Å²) in [5.41, 5.74) is 4.96. The largest absolute Gasteiger partial charge is 0.490 e. The molecule has 2 N–H and O–H groups in total. The van der Waals surface area contributed by atoms with Crippen molar-refractivity contribution in [1.29, 1.82) is 0 Å². The number of non-ortho nitro benzene ring substituents is 1. The number of carbonyl (C=O) groups excluding carboxylic acids is 2. The van der Waals surface area contributed by atoms with E-state index in [1.807, 2.05) is 13.8 Å². The number of ether oxygens (including phenoxy) is 2. The lowest BCUT2D eigenvalue weighted by molar-refractivity contribution is -0.384. The minimum absolute atomic E-state index is 0.0522. The lowest BCUT2D eigenvalue weighted by Crippen LogP contribution is -2.40. The van der Waals surface area contributed by atoms with Crippen LogP contribution < -0.4 is 20.3 Å². The Balaban J connectivity index is 1.97. The molecule has 0 aliphatic rings. The van der Waals surface area contributed by atoms with Crippen LogP contribution in [-0.4, -0.2) is 30.0 Å². The first-order chi connectivity index (χ1) is 13.9.